The highest BCUT2D eigenvalue weighted by Crippen LogP contribution is 2.04. The summed E-state index contributed by atoms with van der Waals surface area (Å²) in [6.45, 7) is 1.76. The number of ether oxygens (including phenoxy) is 1. The Morgan fingerprint density at radius 1 is 1.47 bits per heavy atom. The minimum absolute atomic E-state index is 0.616. The van der Waals surface area contributed by atoms with E-state index in [1.54, 1.807) is 6.92 Å². The molecule has 15 heavy (non-hydrogen) atoms. The number of nitrogens with zero attached hydrogens (tertiary/aromatic N) is 1. The van der Waals surface area contributed by atoms with E-state index in [0.717, 1.165) is 11.1 Å². The first-order chi connectivity index (χ1) is 7.27. The van der Waals surface area contributed by atoms with E-state index in [1.807, 2.05) is 24.3 Å². The zero-order valence-corrected chi connectivity index (χ0v) is 8.65. The molecule has 0 bridgehead atoms. The maximum atomic E-state index is 10.8. The number of amides is 1. The molecule has 0 unspecified atom stereocenters. The first kappa shape index (κ1) is 11.0. The topological polar surface area (TPSA) is 38.7 Å². The second-order valence-electron chi connectivity index (χ2n) is 2.69. The van der Waals surface area contributed by atoms with E-state index in [-0.39, 0.29) is 0 Å². The van der Waals surface area contributed by atoms with Gasteiger partial charge in [-0.1, -0.05) is 24.1 Å². The molecule has 0 saturated heterocycles. The van der Waals surface area contributed by atoms with Crippen molar-refractivity contribution >= 4 is 12.3 Å². The summed E-state index contributed by atoms with van der Waals surface area (Å²) in [4.78, 5) is 14.4. The molecule has 0 aliphatic rings. The second kappa shape index (κ2) is 5.61. The molecular formula is C12H11NO2. The molecule has 0 aliphatic heterocycles. The molecule has 0 saturated carbocycles. The molecule has 1 aromatic carbocycles. The lowest BCUT2D eigenvalue weighted by Gasteiger charge is -1.96. The van der Waals surface area contributed by atoms with Crippen molar-refractivity contribution in [2.75, 3.05) is 7.11 Å². The van der Waals surface area contributed by atoms with E-state index >= 15 is 0 Å². The number of hydrogen-bond acceptors (Lipinski definition) is 2. The number of hydrogen-bond donors (Lipinski definition) is 0. The Morgan fingerprint density at radius 3 is 2.87 bits per heavy atom. The van der Waals surface area contributed by atoms with Gasteiger partial charge in [0, 0.05) is 17.3 Å². The van der Waals surface area contributed by atoms with E-state index in [4.69, 9.17) is 0 Å². The smallest absolute Gasteiger partial charge is 0.433 e. The summed E-state index contributed by atoms with van der Waals surface area (Å²) in [5, 5.41) is 0. The van der Waals surface area contributed by atoms with Crippen molar-refractivity contribution in [2.45, 2.75) is 6.92 Å². The Hall–Kier alpha value is -2.08. The summed E-state index contributed by atoms with van der Waals surface area (Å²) >= 11 is 0. The van der Waals surface area contributed by atoms with Gasteiger partial charge >= 0.3 is 6.09 Å². The molecule has 0 fully saturated rings. The van der Waals surface area contributed by atoms with Gasteiger partial charge in [-0.05, 0) is 13.0 Å². The van der Waals surface area contributed by atoms with Crippen LogP contribution in [0.15, 0.2) is 29.3 Å². The van der Waals surface area contributed by atoms with Gasteiger partial charge in [0.2, 0.25) is 0 Å². The van der Waals surface area contributed by atoms with Gasteiger partial charge in [-0.3, -0.25) is 0 Å². The van der Waals surface area contributed by atoms with Crippen molar-refractivity contribution < 1.29 is 9.53 Å². The largest absolute Gasteiger partial charge is 0.451 e. The number of benzene rings is 1. The third-order valence-corrected chi connectivity index (χ3v) is 1.70. The van der Waals surface area contributed by atoms with Gasteiger partial charge in [-0.15, -0.1) is 5.92 Å². The summed E-state index contributed by atoms with van der Waals surface area (Å²) in [5.41, 5.74) is 1.64. The van der Waals surface area contributed by atoms with Crippen LogP contribution in [0.3, 0.4) is 0 Å². The Labute approximate surface area is 88.8 Å². The highest BCUT2D eigenvalue weighted by Gasteiger charge is 1.97. The lowest BCUT2D eigenvalue weighted by atomic mass is 10.1. The molecule has 1 aromatic rings. The molecule has 3 nitrogen and oxygen atoms in total. The number of methoxy groups -OCH3 is 1. The molecule has 1 rings (SSSR count). The number of carbonyl (C=O) groups is 1. The monoisotopic (exact) mass is 201 g/mol. The number of aliphatic imine (C=N–C) groups is 1. The molecule has 0 spiro atoms. The molecule has 0 radical (unpaired) electrons. The molecular weight excluding hydrogens is 190 g/mol. The lowest BCUT2D eigenvalue weighted by Crippen LogP contribution is -1.95. The van der Waals surface area contributed by atoms with Crippen LogP contribution in [0, 0.1) is 11.8 Å². The SMILES string of the molecule is CC#Cc1ccccc1/C=N/C(=O)OC. The fraction of sp³-hybridized carbons (Fsp3) is 0.167. The third-order valence-electron chi connectivity index (χ3n) is 1.70. The summed E-state index contributed by atoms with van der Waals surface area (Å²) in [6.07, 6.45) is 0.833. The predicted octanol–water partition coefficient (Wildman–Crippen LogP) is 2.24. The van der Waals surface area contributed by atoms with Crippen molar-refractivity contribution in [3.8, 4) is 11.8 Å². The quantitative estimate of drug-likeness (QED) is 0.516. The second-order valence-corrected chi connectivity index (χ2v) is 2.69. The van der Waals surface area contributed by atoms with Gasteiger partial charge < -0.3 is 4.74 Å². The molecule has 1 amide bonds. The van der Waals surface area contributed by atoms with Crippen molar-refractivity contribution in [3.05, 3.63) is 35.4 Å². The fourth-order valence-corrected chi connectivity index (χ4v) is 1.03. The predicted molar refractivity (Wildman–Crippen MR) is 59.0 cm³/mol. The first-order valence-electron chi connectivity index (χ1n) is 4.41. The lowest BCUT2D eigenvalue weighted by molar-refractivity contribution is 0.183. The Bertz CT molecular complexity index is 438. The van der Waals surface area contributed by atoms with E-state index < -0.39 is 6.09 Å². The first-order valence-corrected chi connectivity index (χ1v) is 4.41. The van der Waals surface area contributed by atoms with E-state index in [2.05, 4.69) is 21.6 Å². The number of rotatable bonds is 1. The van der Waals surface area contributed by atoms with Crippen molar-refractivity contribution in [1.82, 2.24) is 0 Å². The zero-order valence-electron chi connectivity index (χ0n) is 8.65. The van der Waals surface area contributed by atoms with Crippen LogP contribution >= 0.6 is 0 Å². The van der Waals surface area contributed by atoms with Crippen LogP contribution in [0.25, 0.3) is 0 Å². The van der Waals surface area contributed by atoms with Crippen molar-refractivity contribution in [2.24, 2.45) is 4.99 Å². The van der Waals surface area contributed by atoms with Crippen LogP contribution < -0.4 is 0 Å². The number of carbonyl (C=O) groups excluding carboxylic acids is 1. The maximum Gasteiger partial charge on any atom is 0.433 e. The Morgan fingerprint density at radius 2 is 2.20 bits per heavy atom. The van der Waals surface area contributed by atoms with Gasteiger partial charge in [0.15, 0.2) is 0 Å². The molecule has 0 heterocycles. The molecule has 76 valence electrons. The van der Waals surface area contributed by atoms with E-state index in [0.29, 0.717) is 0 Å². The van der Waals surface area contributed by atoms with Crippen LogP contribution in [-0.4, -0.2) is 19.4 Å². The summed E-state index contributed by atoms with van der Waals surface area (Å²) in [7, 11) is 1.29. The molecule has 3 heteroatoms. The minimum atomic E-state index is -0.616. The van der Waals surface area contributed by atoms with Crippen LogP contribution in [-0.2, 0) is 4.74 Å². The molecule has 0 aromatic heterocycles. The summed E-state index contributed by atoms with van der Waals surface area (Å²) in [5.74, 6) is 5.72. The van der Waals surface area contributed by atoms with Gasteiger partial charge in [-0.25, -0.2) is 4.79 Å². The van der Waals surface area contributed by atoms with Gasteiger partial charge in [-0.2, -0.15) is 4.99 Å². The van der Waals surface area contributed by atoms with Gasteiger partial charge in [0.25, 0.3) is 0 Å². The average molecular weight is 201 g/mol. The minimum Gasteiger partial charge on any atom is -0.451 e. The highest BCUT2D eigenvalue weighted by molar-refractivity contribution is 5.90. The van der Waals surface area contributed by atoms with Gasteiger partial charge in [0.1, 0.15) is 0 Å². The third kappa shape index (κ3) is 3.28. The van der Waals surface area contributed by atoms with Crippen molar-refractivity contribution in [1.29, 1.82) is 0 Å². The van der Waals surface area contributed by atoms with Crippen LogP contribution in [0.5, 0.6) is 0 Å². The Kier molecular flexibility index (Phi) is 4.11. The summed E-state index contributed by atoms with van der Waals surface area (Å²) in [6, 6.07) is 7.45. The normalized spacial score (nSPS) is 9.47. The Balaban J connectivity index is 2.97. The maximum absolute atomic E-state index is 10.8. The fourth-order valence-electron chi connectivity index (χ4n) is 1.03. The molecule has 0 aliphatic carbocycles. The average Bonchev–Trinajstić information content (AvgIpc) is 2.28. The zero-order chi connectivity index (χ0) is 11.1. The van der Waals surface area contributed by atoms with Gasteiger partial charge in [0.05, 0.1) is 7.11 Å². The van der Waals surface area contributed by atoms with E-state index in [1.165, 1.54) is 13.3 Å². The van der Waals surface area contributed by atoms with Crippen molar-refractivity contribution in [3.63, 3.8) is 0 Å². The van der Waals surface area contributed by atoms with Crippen LogP contribution in [0.1, 0.15) is 18.1 Å². The summed E-state index contributed by atoms with van der Waals surface area (Å²) < 4.78 is 4.40. The highest BCUT2D eigenvalue weighted by atomic mass is 16.5. The van der Waals surface area contributed by atoms with Crippen LogP contribution in [0.4, 0.5) is 4.79 Å². The molecule has 0 atom stereocenters. The van der Waals surface area contributed by atoms with Crippen LogP contribution in [0.2, 0.25) is 0 Å². The van der Waals surface area contributed by atoms with E-state index in [9.17, 15) is 4.79 Å². The molecule has 0 N–H and O–H groups in total. The standard InChI is InChI=1S/C12H11NO2/c1-3-6-10-7-4-5-8-11(10)9-13-12(14)15-2/h4-5,7-9H,1-2H3/b13-9+.